The van der Waals surface area contributed by atoms with E-state index in [0.29, 0.717) is 6.67 Å². The summed E-state index contributed by atoms with van der Waals surface area (Å²) in [4.78, 5) is 12.9. The largest absolute Gasteiger partial charge is 0.340 e. The second-order valence-electron chi connectivity index (χ2n) is 2.74. The van der Waals surface area contributed by atoms with E-state index < -0.39 is 0 Å². The zero-order valence-electron chi connectivity index (χ0n) is 7.92. The summed E-state index contributed by atoms with van der Waals surface area (Å²) in [5.41, 5.74) is 0. The van der Waals surface area contributed by atoms with Gasteiger partial charge in [-0.15, -0.1) is 0 Å². The van der Waals surface area contributed by atoms with Crippen molar-refractivity contribution in [2.75, 3.05) is 34.4 Å². The molecule has 4 nitrogen and oxygen atoms in total. The minimum atomic E-state index is -0.0637. The normalized spacial score (nSPS) is 11.0. The SMILES string of the molecule is CNCNC(=O)/C=C/CN(C)C. The molecule has 0 saturated carbocycles. The smallest absolute Gasteiger partial charge is 0.244 e. The highest BCUT2D eigenvalue weighted by molar-refractivity contribution is 5.87. The molecule has 0 aliphatic carbocycles. The van der Waals surface area contributed by atoms with Crippen LogP contribution in [0.1, 0.15) is 0 Å². The lowest BCUT2D eigenvalue weighted by Crippen LogP contribution is -2.30. The molecule has 0 fully saturated rings. The second kappa shape index (κ2) is 6.82. The maximum Gasteiger partial charge on any atom is 0.244 e. The maximum atomic E-state index is 10.9. The number of carbonyl (C=O) groups is 1. The maximum absolute atomic E-state index is 10.9. The molecule has 0 saturated heterocycles. The number of hydrogen-bond acceptors (Lipinski definition) is 3. The van der Waals surface area contributed by atoms with Gasteiger partial charge in [0, 0.05) is 12.6 Å². The van der Waals surface area contributed by atoms with Crippen molar-refractivity contribution in [2.24, 2.45) is 0 Å². The molecule has 70 valence electrons. The summed E-state index contributed by atoms with van der Waals surface area (Å²) in [6.45, 7) is 1.29. The Morgan fingerprint density at radius 1 is 1.50 bits per heavy atom. The van der Waals surface area contributed by atoms with Crippen molar-refractivity contribution in [1.82, 2.24) is 15.5 Å². The lowest BCUT2D eigenvalue weighted by atomic mass is 10.4. The van der Waals surface area contributed by atoms with E-state index in [1.807, 2.05) is 25.1 Å². The Balaban J connectivity index is 3.47. The minimum Gasteiger partial charge on any atom is -0.340 e. The van der Waals surface area contributed by atoms with Crippen LogP contribution in [-0.4, -0.2) is 45.2 Å². The Morgan fingerprint density at radius 3 is 2.67 bits per heavy atom. The van der Waals surface area contributed by atoms with Crippen LogP contribution in [0.15, 0.2) is 12.2 Å². The van der Waals surface area contributed by atoms with Gasteiger partial charge in [-0.1, -0.05) is 6.08 Å². The molecule has 0 radical (unpaired) electrons. The van der Waals surface area contributed by atoms with Gasteiger partial charge in [-0.25, -0.2) is 0 Å². The van der Waals surface area contributed by atoms with Gasteiger partial charge in [-0.05, 0) is 21.1 Å². The summed E-state index contributed by atoms with van der Waals surface area (Å²) in [5, 5.41) is 5.47. The third-order valence-corrected chi connectivity index (χ3v) is 1.18. The molecular weight excluding hydrogens is 154 g/mol. The van der Waals surface area contributed by atoms with E-state index in [4.69, 9.17) is 0 Å². The average Bonchev–Trinajstić information content (AvgIpc) is 2.00. The van der Waals surface area contributed by atoms with Gasteiger partial charge in [0.25, 0.3) is 0 Å². The fourth-order valence-corrected chi connectivity index (χ4v) is 0.605. The molecule has 0 aliphatic heterocycles. The molecule has 0 heterocycles. The van der Waals surface area contributed by atoms with Crippen molar-refractivity contribution in [1.29, 1.82) is 0 Å². The van der Waals surface area contributed by atoms with Crippen LogP contribution in [0.4, 0.5) is 0 Å². The van der Waals surface area contributed by atoms with Gasteiger partial charge < -0.3 is 15.5 Å². The standard InChI is InChI=1S/C8H17N3O/c1-9-7-10-8(12)5-4-6-11(2)3/h4-5,9H,6-7H2,1-3H3,(H,10,12)/b5-4+. The van der Waals surface area contributed by atoms with E-state index in [1.165, 1.54) is 6.08 Å². The highest BCUT2D eigenvalue weighted by atomic mass is 16.1. The molecule has 1 amide bonds. The molecule has 0 spiro atoms. The zero-order chi connectivity index (χ0) is 9.40. The van der Waals surface area contributed by atoms with Crippen molar-refractivity contribution in [3.63, 3.8) is 0 Å². The first-order chi connectivity index (χ1) is 5.66. The van der Waals surface area contributed by atoms with Crippen LogP contribution in [0.5, 0.6) is 0 Å². The molecule has 0 aromatic heterocycles. The van der Waals surface area contributed by atoms with Crippen molar-refractivity contribution >= 4 is 5.91 Å². The number of nitrogens with zero attached hydrogens (tertiary/aromatic N) is 1. The van der Waals surface area contributed by atoms with Gasteiger partial charge in [-0.3, -0.25) is 4.79 Å². The summed E-state index contributed by atoms with van der Waals surface area (Å²) < 4.78 is 0. The number of nitrogens with one attached hydrogen (secondary N) is 2. The highest BCUT2D eigenvalue weighted by Crippen LogP contribution is 1.77. The molecule has 0 aromatic rings. The van der Waals surface area contributed by atoms with Gasteiger partial charge in [0.1, 0.15) is 0 Å². The topological polar surface area (TPSA) is 44.4 Å². The lowest BCUT2D eigenvalue weighted by molar-refractivity contribution is -0.116. The molecule has 12 heavy (non-hydrogen) atoms. The van der Waals surface area contributed by atoms with E-state index in [1.54, 1.807) is 7.05 Å². The second-order valence-corrected chi connectivity index (χ2v) is 2.74. The highest BCUT2D eigenvalue weighted by Gasteiger charge is 1.90. The molecule has 0 aromatic carbocycles. The van der Waals surface area contributed by atoms with Crippen molar-refractivity contribution in [3.8, 4) is 0 Å². The monoisotopic (exact) mass is 171 g/mol. The first-order valence-electron chi connectivity index (χ1n) is 3.90. The molecule has 4 heteroatoms. The van der Waals surface area contributed by atoms with Crippen LogP contribution in [0, 0.1) is 0 Å². The lowest BCUT2D eigenvalue weighted by Gasteiger charge is -2.03. The Kier molecular flexibility index (Phi) is 6.32. The quantitative estimate of drug-likeness (QED) is 0.429. The summed E-state index contributed by atoms with van der Waals surface area (Å²) in [7, 11) is 5.69. The Bertz CT molecular complexity index is 154. The molecule has 0 rings (SSSR count). The molecule has 2 N–H and O–H groups in total. The molecular formula is C8H17N3O. The molecule has 0 aliphatic rings. The van der Waals surface area contributed by atoms with Crippen LogP contribution in [0.2, 0.25) is 0 Å². The van der Waals surface area contributed by atoms with Gasteiger partial charge in [0.05, 0.1) is 6.67 Å². The van der Waals surface area contributed by atoms with Gasteiger partial charge in [-0.2, -0.15) is 0 Å². The zero-order valence-corrected chi connectivity index (χ0v) is 7.92. The predicted octanol–water partition coefficient (Wildman–Crippen LogP) is -0.603. The predicted molar refractivity (Wildman–Crippen MR) is 49.8 cm³/mol. The molecule has 0 unspecified atom stereocenters. The van der Waals surface area contributed by atoms with Crippen LogP contribution >= 0.6 is 0 Å². The van der Waals surface area contributed by atoms with Gasteiger partial charge in [0.15, 0.2) is 0 Å². The third kappa shape index (κ3) is 7.24. The third-order valence-electron chi connectivity index (χ3n) is 1.18. The van der Waals surface area contributed by atoms with Crippen LogP contribution < -0.4 is 10.6 Å². The summed E-state index contributed by atoms with van der Waals surface area (Å²) >= 11 is 0. The summed E-state index contributed by atoms with van der Waals surface area (Å²) in [5.74, 6) is -0.0637. The first-order valence-corrected chi connectivity index (χ1v) is 3.90. The van der Waals surface area contributed by atoms with Crippen molar-refractivity contribution in [3.05, 3.63) is 12.2 Å². The van der Waals surface area contributed by atoms with Gasteiger partial charge in [0.2, 0.25) is 5.91 Å². The molecule has 0 atom stereocenters. The van der Waals surface area contributed by atoms with E-state index in [0.717, 1.165) is 6.54 Å². The Hall–Kier alpha value is -0.870. The fourth-order valence-electron chi connectivity index (χ4n) is 0.605. The van der Waals surface area contributed by atoms with E-state index >= 15 is 0 Å². The van der Waals surface area contributed by atoms with E-state index in [2.05, 4.69) is 10.6 Å². The molecule has 0 bridgehead atoms. The average molecular weight is 171 g/mol. The number of amides is 1. The fraction of sp³-hybridized carbons (Fsp3) is 0.625. The van der Waals surface area contributed by atoms with Gasteiger partial charge >= 0.3 is 0 Å². The summed E-state index contributed by atoms with van der Waals surface area (Å²) in [6.07, 6.45) is 3.36. The summed E-state index contributed by atoms with van der Waals surface area (Å²) in [6, 6.07) is 0. The number of carbonyl (C=O) groups excluding carboxylic acids is 1. The van der Waals surface area contributed by atoms with Crippen molar-refractivity contribution < 1.29 is 4.79 Å². The minimum absolute atomic E-state index is 0.0637. The van der Waals surface area contributed by atoms with E-state index in [-0.39, 0.29) is 5.91 Å². The number of rotatable bonds is 5. The van der Waals surface area contributed by atoms with Crippen LogP contribution in [0.3, 0.4) is 0 Å². The van der Waals surface area contributed by atoms with Crippen LogP contribution in [-0.2, 0) is 4.79 Å². The number of likely N-dealkylation sites (N-methyl/N-ethyl adjacent to an activating group) is 1. The van der Waals surface area contributed by atoms with Crippen LogP contribution in [0.25, 0.3) is 0 Å². The number of hydrogen-bond donors (Lipinski definition) is 2. The van der Waals surface area contributed by atoms with E-state index in [9.17, 15) is 4.79 Å². The van der Waals surface area contributed by atoms with Crippen molar-refractivity contribution in [2.45, 2.75) is 0 Å². The Labute approximate surface area is 73.6 Å². The first kappa shape index (κ1) is 11.1. The Morgan fingerprint density at radius 2 is 2.17 bits per heavy atom.